The van der Waals surface area contributed by atoms with Gasteiger partial charge in [-0.05, 0) is 44.4 Å². The first-order valence-corrected chi connectivity index (χ1v) is 8.68. The van der Waals surface area contributed by atoms with E-state index in [1.54, 1.807) is 4.31 Å². The van der Waals surface area contributed by atoms with Crippen LogP contribution in [-0.2, 0) is 10.0 Å². The van der Waals surface area contributed by atoms with Crippen LogP contribution in [0.25, 0.3) is 0 Å². The van der Waals surface area contributed by atoms with Crippen molar-refractivity contribution in [3.8, 4) is 0 Å². The number of sulfonamides is 1. The van der Waals surface area contributed by atoms with Crippen molar-refractivity contribution in [2.24, 2.45) is 11.7 Å². The van der Waals surface area contributed by atoms with Crippen LogP contribution in [0.15, 0.2) is 11.6 Å². The Kier molecular flexibility index (Phi) is 4.45. The Hall–Kier alpha value is -0.390. The smallest absolute Gasteiger partial charge is 0.211 e. The maximum atomic E-state index is 11.6. The van der Waals surface area contributed by atoms with Crippen molar-refractivity contribution >= 4 is 10.0 Å². The van der Waals surface area contributed by atoms with E-state index in [0.717, 1.165) is 38.5 Å². The summed E-state index contributed by atoms with van der Waals surface area (Å²) in [6.07, 6.45) is 9.93. The predicted octanol–water partition coefficient (Wildman–Crippen LogP) is 1.49. The summed E-state index contributed by atoms with van der Waals surface area (Å²) in [7, 11) is -3.01. The lowest BCUT2D eigenvalue weighted by molar-refractivity contribution is 0.264. The molecule has 0 spiro atoms. The van der Waals surface area contributed by atoms with Gasteiger partial charge < -0.3 is 5.73 Å². The zero-order valence-corrected chi connectivity index (χ0v) is 12.0. The maximum absolute atomic E-state index is 11.6. The molecule has 5 heteroatoms. The van der Waals surface area contributed by atoms with Crippen molar-refractivity contribution in [3.63, 3.8) is 0 Å². The summed E-state index contributed by atoms with van der Waals surface area (Å²) in [5.41, 5.74) is 7.36. The van der Waals surface area contributed by atoms with Crippen molar-refractivity contribution in [2.45, 2.75) is 44.6 Å². The minimum absolute atomic E-state index is 0.327. The molecule has 1 aliphatic heterocycles. The first-order chi connectivity index (χ1) is 8.45. The molecule has 0 radical (unpaired) electrons. The molecule has 2 rings (SSSR count). The van der Waals surface area contributed by atoms with E-state index in [4.69, 9.17) is 5.73 Å². The number of nitrogens with zero attached hydrogens (tertiary/aromatic N) is 1. The Labute approximate surface area is 110 Å². The molecule has 2 aliphatic rings. The Morgan fingerprint density at radius 3 is 2.83 bits per heavy atom. The van der Waals surface area contributed by atoms with E-state index in [1.807, 2.05) is 0 Å². The monoisotopic (exact) mass is 272 g/mol. The Bertz CT molecular complexity index is 417. The molecule has 0 saturated carbocycles. The lowest BCUT2D eigenvalue weighted by atomic mass is 9.86. The third-order valence-corrected chi connectivity index (χ3v) is 5.32. The molecule has 1 heterocycles. The molecule has 2 atom stereocenters. The van der Waals surface area contributed by atoms with Gasteiger partial charge in [0.25, 0.3) is 0 Å². The fourth-order valence-corrected chi connectivity index (χ4v) is 3.90. The van der Waals surface area contributed by atoms with E-state index < -0.39 is 10.0 Å². The lowest BCUT2D eigenvalue weighted by Gasteiger charge is -2.32. The van der Waals surface area contributed by atoms with Crippen molar-refractivity contribution in [1.82, 2.24) is 4.31 Å². The summed E-state index contributed by atoms with van der Waals surface area (Å²) >= 11 is 0. The highest BCUT2D eigenvalue weighted by molar-refractivity contribution is 7.88. The SMILES string of the molecule is CS(=O)(=O)N1CCCC(CC2=CCC(N)CC2)C1. The van der Waals surface area contributed by atoms with Gasteiger partial charge in [0.2, 0.25) is 10.0 Å². The summed E-state index contributed by atoms with van der Waals surface area (Å²) in [6, 6.07) is 0.327. The van der Waals surface area contributed by atoms with E-state index in [9.17, 15) is 8.42 Å². The van der Waals surface area contributed by atoms with Crippen LogP contribution in [0.4, 0.5) is 0 Å². The van der Waals surface area contributed by atoms with Crippen molar-refractivity contribution in [1.29, 1.82) is 0 Å². The maximum Gasteiger partial charge on any atom is 0.211 e. The fraction of sp³-hybridized carbons (Fsp3) is 0.846. The van der Waals surface area contributed by atoms with Crippen LogP contribution < -0.4 is 5.73 Å². The number of piperidine rings is 1. The number of nitrogens with two attached hydrogens (primary N) is 1. The average molecular weight is 272 g/mol. The van der Waals surface area contributed by atoms with Gasteiger partial charge in [-0.25, -0.2) is 12.7 Å². The van der Waals surface area contributed by atoms with Gasteiger partial charge in [-0.3, -0.25) is 0 Å². The lowest BCUT2D eigenvalue weighted by Crippen LogP contribution is -2.39. The first-order valence-electron chi connectivity index (χ1n) is 6.84. The summed E-state index contributed by atoms with van der Waals surface area (Å²) in [4.78, 5) is 0. The second kappa shape index (κ2) is 5.72. The van der Waals surface area contributed by atoms with Crippen molar-refractivity contribution in [2.75, 3.05) is 19.3 Å². The summed E-state index contributed by atoms with van der Waals surface area (Å²) in [5, 5.41) is 0. The van der Waals surface area contributed by atoms with E-state index in [-0.39, 0.29) is 0 Å². The quantitative estimate of drug-likeness (QED) is 0.792. The molecule has 1 saturated heterocycles. The van der Waals surface area contributed by atoms with Crippen LogP contribution >= 0.6 is 0 Å². The molecule has 2 unspecified atom stereocenters. The molecule has 1 fully saturated rings. The van der Waals surface area contributed by atoms with Gasteiger partial charge in [-0.1, -0.05) is 11.6 Å². The normalized spacial score (nSPS) is 31.1. The largest absolute Gasteiger partial charge is 0.327 e. The number of hydrogen-bond donors (Lipinski definition) is 1. The third kappa shape index (κ3) is 3.80. The number of rotatable bonds is 3. The van der Waals surface area contributed by atoms with E-state index >= 15 is 0 Å². The molecule has 0 aromatic rings. The highest BCUT2D eigenvalue weighted by atomic mass is 32.2. The highest BCUT2D eigenvalue weighted by Gasteiger charge is 2.26. The van der Waals surface area contributed by atoms with Crippen LogP contribution in [-0.4, -0.2) is 38.1 Å². The van der Waals surface area contributed by atoms with Crippen LogP contribution in [0, 0.1) is 5.92 Å². The third-order valence-electron chi connectivity index (χ3n) is 4.05. The minimum atomic E-state index is -3.01. The van der Waals surface area contributed by atoms with Gasteiger partial charge in [-0.15, -0.1) is 0 Å². The van der Waals surface area contributed by atoms with E-state index in [0.29, 0.717) is 25.0 Å². The molecule has 104 valence electrons. The summed E-state index contributed by atoms with van der Waals surface area (Å²) < 4.78 is 24.8. The molecule has 0 bridgehead atoms. The number of allylic oxidation sites excluding steroid dienone is 1. The molecular weight excluding hydrogens is 248 g/mol. The Balaban J connectivity index is 1.90. The van der Waals surface area contributed by atoms with Gasteiger partial charge in [0, 0.05) is 19.1 Å². The second-order valence-electron chi connectivity index (χ2n) is 5.73. The topological polar surface area (TPSA) is 63.4 Å². The van der Waals surface area contributed by atoms with Crippen LogP contribution in [0.3, 0.4) is 0 Å². The van der Waals surface area contributed by atoms with Gasteiger partial charge in [0.1, 0.15) is 0 Å². The highest BCUT2D eigenvalue weighted by Crippen LogP contribution is 2.28. The zero-order chi connectivity index (χ0) is 13.2. The van der Waals surface area contributed by atoms with Crippen LogP contribution in [0.5, 0.6) is 0 Å². The molecule has 4 nitrogen and oxygen atoms in total. The molecule has 1 aliphatic carbocycles. The van der Waals surface area contributed by atoms with Gasteiger partial charge in [0.15, 0.2) is 0 Å². The molecule has 0 aromatic heterocycles. The number of hydrogen-bond acceptors (Lipinski definition) is 3. The standard InChI is InChI=1S/C13H24N2O2S/c1-18(16,17)15-8-2-3-12(10-15)9-11-4-6-13(14)7-5-11/h4,12-13H,2-3,5-10,14H2,1H3. The van der Waals surface area contributed by atoms with Crippen LogP contribution in [0.2, 0.25) is 0 Å². The van der Waals surface area contributed by atoms with Crippen molar-refractivity contribution in [3.05, 3.63) is 11.6 Å². The minimum Gasteiger partial charge on any atom is -0.327 e. The average Bonchev–Trinajstić information content (AvgIpc) is 2.31. The molecular formula is C13H24N2O2S. The van der Waals surface area contributed by atoms with E-state index in [2.05, 4.69) is 6.08 Å². The summed E-state index contributed by atoms with van der Waals surface area (Å²) in [5.74, 6) is 0.494. The Morgan fingerprint density at radius 2 is 2.22 bits per heavy atom. The molecule has 2 N–H and O–H groups in total. The van der Waals surface area contributed by atoms with Crippen molar-refractivity contribution < 1.29 is 8.42 Å². The van der Waals surface area contributed by atoms with E-state index in [1.165, 1.54) is 11.8 Å². The Morgan fingerprint density at radius 1 is 1.44 bits per heavy atom. The first kappa shape index (κ1) is 14.0. The van der Waals surface area contributed by atoms with Crippen LogP contribution in [0.1, 0.15) is 38.5 Å². The molecule has 0 amide bonds. The molecule has 0 aromatic carbocycles. The van der Waals surface area contributed by atoms with Gasteiger partial charge in [0.05, 0.1) is 6.26 Å². The summed E-state index contributed by atoms with van der Waals surface area (Å²) in [6.45, 7) is 1.39. The zero-order valence-electron chi connectivity index (χ0n) is 11.1. The van der Waals surface area contributed by atoms with Gasteiger partial charge >= 0.3 is 0 Å². The van der Waals surface area contributed by atoms with Gasteiger partial charge in [-0.2, -0.15) is 0 Å². The second-order valence-corrected chi connectivity index (χ2v) is 7.71. The predicted molar refractivity (Wildman–Crippen MR) is 73.7 cm³/mol. The fourth-order valence-electron chi connectivity index (χ4n) is 2.96. The molecule has 18 heavy (non-hydrogen) atoms.